The largest absolute Gasteiger partial charge is 0.480 e. The maximum Gasteiger partial charge on any atom is 0.321 e. The van der Waals surface area contributed by atoms with E-state index in [9.17, 15) is 4.79 Å². The third kappa shape index (κ3) is 3.62. The summed E-state index contributed by atoms with van der Waals surface area (Å²) in [7, 11) is 0. The van der Waals surface area contributed by atoms with Crippen molar-refractivity contribution in [2.45, 2.75) is 10.9 Å². The zero-order chi connectivity index (χ0) is 11.4. The van der Waals surface area contributed by atoms with E-state index in [1.54, 1.807) is 18.2 Å². The molecule has 5 N–H and O–H groups in total. The van der Waals surface area contributed by atoms with Gasteiger partial charge in [-0.15, -0.1) is 11.8 Å². The summed E-state index contributed by atoms with van der Waals surface area (Å²) in [5.74, 6) is -0.761. The topological polar surface area (TPSA) is 89.3 Å². The van der Waals surface area contributed by atoms with Crippen molar-refractivity contribution < 1.29 is 9.90 Å². The molecule has 4 nitrogen and oxygen atoms in total. The number of benzene rings is 1. The Labute approximate surface area is 96.6 Å². The second-order valence-electron chi connectivity index (χ2n) is 2.94. The lowest BCUT2D eigenvalue weighted by atomic mass is 10.3. The first-order valence-corrected chi connectivity index (χ1v) is 5.53. The van der Waals surface area contributed by atoms with Crippen molar-refractivity contribution in [1.29, 1.82) is 0 Å². The lowest BCUT2D eigenvalue weighted by molar-refractivity contribution is -0.137. The molecule has 15 heavy (non-hydrogen) atoms. The standard InChI is InChI=1S/C9H11ClN2O2S/c10-5-1-2-6(11)8(3-5)15-4-7(12)9(13)14/h1-3,7H,4,11-12H2,(H,13,14). The van der Waals surface area contributed by atoms with Gasteiger partial charge in [-0.1, -0.05) is 11.6 Å². The van der Waals surface area contributed by atoms with Crippen LogP contribution in [0.3, 0.4) is 0 Å². The van der Waals surface area contributed by atoms with Gasteiger partial charge in [-0.2, -0.15) is 0 Å². The smallest absolute Gasteiger partial charge is 0.321 e. The fourth-order valence-electron chi connectivity index (χ4n) is 0.884. The third-order valence-corrected chi connectivity index (χ3v) is 3.14. The number of carboxylic acids is 1. The monoisotopic (exact) mass is 246 g/mol. The minimum absolute atomic E-state index is 0.264. The number of nitrogens with two attached hydrogens (primary N) is 2. The van der Waals surface area contributed by atoms with Gasteiger partial charge in [0.1, 0.15) is 6.04 Å². The summed E-state index contributed by atoms with van der Waals surface area (Å²) < 4.78 is 0. The maximum atomic E-state index is 10.5. The molecule has 0 heterocycles. The van der Waals surface area contributed by atoms with Crippen molar-refractivity contribution in [3.63, 3.8) is 0 Å². The van der Waals surface area contributed by atoms with Crippen LogP contribution in [0.4, 0.5) is 5.69 Å². The molecule has 0 aliphatic heterocycles. The molecule has 82 valence electrons. The van der Waals surface area contributed by atoms with E-state index in [0.717, 1.165) is 4.90 Å². The van der Waals surface area contributed by atoms with Crippen LogP contribution in [-0.4, -0.2) is 22.9 Å². The van der Waals surface area contributed by atoms with Crippen LogP contribution >= 0.6 is 23.4 Å². The summed E-state index contributed by atoms with van der Waals surface area (Å²) >= 11 is 7.06. The normalized spacial score (nSPS) is 12.4. The number of halogens is 1. The SMILES string of the molecule is Nc1ccc(Cl)cc1SCC(N)C(=O)O. The summed E-state index contributed by atoms with van der Waals surface area (Å²) in [6.07, 6.45) is 0. The number of hydrogen-bond donors (Lipinski definition) is 3. The van der Waals surface area contributed by atoms with E-state index < -0.39 is 12.0 Å². The van der Waals surface area contributed by atoms with Gasteiger partial charge in [0, 0.05) is 21.4 Å². The zero-order valence-electron chi connectivity index (χ0n) is 7.81. The van der Waals surface area contributed by atoms with Crippen LogP contribution in [-0.2, 0) is 4.79 Å². The van der Waals surface area contributed by atoms with Crippen LogP contribution in [0.15, 0.2) is 23.1 Å². The first-order valence-electron chi connectivity index (χ1n) is 4.17. The summed E-state index contributed by atoms with van der Waals surface area (Å²) in [6.45, 7) is 0. The van der Waals surface area contributed by atoms with Crippen LogP contribution in [0, 0.1) is 0 Å². The molecule has 0 aromatic heterocycles. The van der Waals surface area contributed by atoms with Crippen LogP contribution < -0.4 is 11.5 Å². The van der Waals surface area contributed by atoms with Gasteiger partial charge >= 0.3 is 5.97 Å². The molecule has 0 amide bonds. The molecule has 1 atom stereocenters. The lowest BCUT2D eigenvalue weighted by Crippen LogP contribution is -2.32. The van der Waals surface area contributed by atoms with Gasteiger partial charge in [-0.25, -0.2) is 0 Å². The second-order valence-corrected chi connectivity index (χ2v) is 4.44. The number of nitrogen functional groups attached to an aromatic ring is 1. The third-order valence-electron chi connectivity index (χ3n) is 1.71. The Bertz CT molecular complexity index is 373. The number of aliphatic carboxylic acids is 1. The van der Waals surface area contributed by atoms with Crippen molar-refractivity contribution in [2.75, 3.05) is 11.5 Å². The van der Waals surface area contributed by atoms with E-state index in [1.807, 2.05) is 0 Å². The van der Waals surface area contributed by atoms with Crippen LogP contribution in [0.1, 0.15) is 0 Å². The number of carboxylic acid groups (broad SMARTS) is 1. The van der Waals surface area contributed by atoms with Crippen molar-refractivity contribution in [1.82, 2.24) is 0 Å². The summed E-state index contributed by atoms with van der Waals surface area (Å²) in [5.41, 5.74) is 11.6. The molecular weight excluding hydrogens is 236 g/mol. The van der Waals surface area contributed by atoms with E-state index in [2.05, 4.69) is 0 Å². The van der Waals surface area contributed by atoms with E-state index in [-0.39, 0.29) is 5.75 Å². The predicted octanol–water partition coefficient (Wildman–Crippen LogP) is 1.43. The number of carbonyl (C=O) groups is 1. The molecule has 0 radical (unpaired) electrons. The highest BCUT2D eigenvalue weighted by atomic mass is 35.5. The summed E-state index contributed by atoms with van der Waals surface area (Å²) in [5, 5.41) is 9.15. The highest BCUT2D eigenvalue weighted by molar-refractivity contribution is 7.99. The number of thioether (sulfide) groups is 1. The second kappa shape index (κ2) is 5.25. The van der Waals surface area contributed by atoms with E-state index in [4.69, 9.17) is 28.2 Å². The molecule has 0 spiro atoms. The zero-order valence-corrected chi connectivity index (χ0v) is 9.39. The quantitative estimate of drug-likeness (QED) is 0.552. The Morgan fingerprint density at radius 2 is 2.27 bits per heavy atom. The average molecular weight is 247 g/mol. The van der Waals surface area contributed by atoms with Crippen molar-refractivity contribution in [3.8, 4) is 0 Å². The molecule has 1 aromatic carbocycles. The van der Waals surface area contributed by atoms with Gasteiger partial charge in [0.15, 0.2) is 0 Å². The van der Waals surface area contributed by atoms with Gasteiger partial charge < -0.3 is 16.6 Å². The highest BCUT2D eigenvalue weighted by Gasteiger charge is 2.12. The lowest BCUT2D eigenvalue weighted by Gasteiger charge is -2.08. The van der Waals surface area contributed by atoms with Crippen molar-refractivity contribution in [3.05, 3.63) is 23.2 Å². The van der Waals surface area contributed by atoms with Crippen LogP contribution in [0.2, 0.25) is 5.02 Å². The Morgan fingerprint density at radius 3 is 2.87 bits per heavy atom. The van der Waals surface area contributed by atoms with E-state index in [1.165, 1.54) is 11.8 Å². The molecule has 0 aliphatic carbocycles. The van der Waals surface area contributed by atoms with Crippen molar-refractivity contribution in [2.24, 2.45) is 5.73 Å². The molecule has 0 saturated heterocycles. The summed E-state index contributed by atoms with van der Waals surface area (Å²) in [4.78, 5) is 11.2. The molecule has 1 aromatic rings. The first-order chi connectivity index (χ1) is 7.00. The van der Waals surface area contributed by atoms with Gasteiger partial charge in [0.05, 0.1) is 0 Å². The van der Waals surface area contributed by atoms with Crippen LogP contribution in [0.25, 0.3) is 0 Å². The van der Waals surface area contributed by atoms with Gasteiger partial charge in [-0.05, 0) is 18.2 Å². The first kappa shape index (κ1) is 12.2. The predicted molar refractivity (Wildman–Crippen MR) is 62.2 cm³/mol. The molecular formula is C9H11ClN2O2S. The number of hydrogen-bond acceptors (Lipinski definition) is 4. The Balaban J connectivity index is 2.65. The van der Waals surface area contributed by atoms with E-state index in [0.29, 0.717) is 10.7 Å². The highest BCUT2D eigenvalue weighted by Crippen LogP contribution is 2.28. The molecule has 6 heteroatoms. The summed E-state index contributed by atoms with van der Waals surface area (Å²) in [6, 6.07) is 4.15. The molecule has 1 unspecified atom stereocenters. The molecule has 0 saturated carbocycles. The molecule has 0 fully saturated rings. The molecule has 0 bridgehead atoms. The Morgan fingerprint density at radius 1 is 1.60 bits per heavy atom. The van der Waals surface area contributed by atoms with Gasteiger partial charge in [0.25, 0.3) is 0 Å². The molecule has 0 aliphatic rings. The minimum atomic E-state index is -1.02. The van der Waals surface area contributed by atoms with Crippen molar-refractivity contribution >= 4 is 35.0 Å². The van der Waals surface area contributed by atoms with E-state index >= 15 is 0 Å². The molecule has 1 rings (SSSR count). The average Bonchev–Trinajstić information content (AvgIpc) is 2.18. The van der Waals surface area contributed by atoms with Gasteiger partial charge in [0.2, 0.25) is 0 Å². The van der Waals surface area contributed by atoms with Gasteiger partial charge in [-0.3, -0.25) is 4.79 Å². The number of anilines is 1. The number of rotatable bonds is 4. The Hall–Kier alpha value is -0.910. The fraction of sp³-hybridized carbons (Fsp3) is 0.222. The maximum absolute atomic E-state index is 10.5. The van der Waals surface area contributed by atoms with Crippen LogP contribution in [0.5, 0.6) is 0 Å². The Kier molecular flexibility index (Phi) is 4.26. The minimum Gasteiger partial charge on any atom is -0.480 e. The fourth-order valence-corrected chi connectivity index (χ4v) is 2.07.